The second-order valence-corrected chi connectivity index (χ2v) is 4.41. The van der Waals surface area contributed by atoms with E-state index in [0.29, 0.717) is 0 Å². The molecule has 0 aromatic carbocycles. The molecule has 78 valence electrons. The van der Waals surface area contributed by atoms with Gasteiger partial charge in [-0.25, -0.2) is 0 Å². The van der Waals surface area contributed by atoms with Crippen molar-refractivity contribution in [3.8, 4) is 0 Å². The molecule has 14 heavy (non-hydrogen) atoms. The zero-order valence-corrected chi connectivity index (χ0v) is 8.31. The molecule has 4 atom stereocenters. The highest BCUT2D eigenvalue weighted by atomic mass is 32.1. The number of hydrogen-bond acceptors (Lipinski definition) is 5. The second-order valence-electron chi connectivity index (χ2n) is 3.43. The van der Waals surface area contributed by atoms with E-state index in [0.717, 1.165) is 4.88 Å². The molecule has 5 heteroatoms. The summed E-state index contributed by atoms with van der Waals surface area (Å²) in [4.78, 5) is 0.979. The van der Waals surface area contributed by atoms with Crippen LogP contribution in [-0.4, -0.2) is 40.2 Å². The predicted octanol–water partition coefficient (Wildman–Crippen LogP) is -0.525. The Labute approximate surface area is 85.8 Å². The Morgan fingerprint density at radius 2 is 2.14 bits per heavy atom. The third kappa shape index (κ3) is 1.57. The molecule has 0 aliphatic carbocycles. The third-order valence-electron chi connectivity index (χ3n) is 2.54. The Morgan fingerprint density at radius 3 is 2.64 bits per heavy atom. The first-order valence-electron chi connectivity index (χ1n) is 4.50. The molecule has 0 saturated carbocycles. The highest BCUT2D eigenvalue weighted by molar-refractivity contribution is 7.10. The van der Waals surface area contributed by atoms with Gasteiger partial charge in [0.25, 0.3) is 0 Å². The number of rotatable bonds is 2. The lowest BCUT2D eigenvalue weighted by molar-refractivity contribution is 0.0198. The topological polar surface area (TPSA) is 72.7 Å². The zero-order chi connectivity index (χ0) is 10.1. The van der Waals surface area contributed by atoms with Crippen LogP contribution in [0.5, 0.6) is 0 Å². The summed E-state index contributed by atoms with van der Waals surface area (Å²) >= 11 is 1.52. The molecule has 2 rings (SSSR count). The molecule has 4 N–H and O–H groups in total. The zero-order valence-electron chi connectivity index (χ0n) is 7.50. The number of thiophene rings is 1. The van der Waals surface area contributed by atoms with Crippen molar-refractivity contribution < 1.29 is 15.3 Å². The van der Waals surface area contributed by atoms with Crippen molar-refractivity contribution in [2.45, 2.75) is 24.3 Å². The van der Waals surface area contributed by atoms with Crippen LogP contribution in [0, 0.1) is 0 Å². The fourth-order valence-corrected chi connectivity index (χ4v) is 2.57. The standard InChI is InChI=1S/C9H13NO3S/c11-4-5-8(12)9(13)7(10-5)6-2-1-3-14-6/h1-3,5,7-13H,4H2/t5-,7+,8-,9-/m0/s1. The van der Waals surface area contributed by atoms with Crippen molar-refractivity contribution >= 4 is 11.3 Å². The van der Waals surface area contributed by atoms with Crippen molar-refractivity contribution in [1.82, 2.24) is 5.32 Å². The van der Waals surface area contributed by atoms with Gasteiger partial charge in [0.05, 0.1) is 24.8 Å². The van der Waals surface area contributed by atoms with Crippen LogP contribution in [0.4, 0.5) is 0 Å². The van der Waals surface area contributed by atoms with Crippen molar-refractivity contribution in [3.05, 3.63) is 22.4 Å². The van der Waals surface area contributed by atoms with E-state index < -0.39 is 18.2 Å². The van der Waals surface area contributed by atoms with Crippen LogP contribution >= 0.6 is 11.3 Å². The summed E-state index contributed by atoms with van der Waals surface area (Å²) in [7, 11) is 0. The SMILES string of the molecule is OC[C@@H]1N[C@H](c2cccs2)[C@H](O)[C@H]1O. The van der Waals surface area contributed by atoms with Gasteiger partial charge in [-0.05, 0) is 11.4 Å². The molecule has 0 amide bonds. The van der Waals surface area contributed by atoms with Gasteiger partial charge in [0.2, 0.25) is 0 Å². The monoisotopic (exact) mass is 215 g/mol. The average molecular weight is 215 g/mol. The maximum atomic E-state index is 9.71. The molecule has 2 heterocycles. The van der Waals surface area contributed by atoms with E-state index in [-0.39, 0.29) is 12.6 Å². The van der Waals surface area contributed by atoms with E-state index in [2.05, 4.69) is 5.32 Å². The molecule has 1 aromatic heterocycles. The average Bonchev–Trinajstić information content (AvgIpc) is 2.78. The van der Waals surface area contributed by atoms with Gasteiger partial charge in [-0.2, -0.15) is 0 Å². The van der Waals surface area contributed by atoms with E-state index in [4.69, 9.17) is 5.11 Å². The van der Waals surface area contributed by atoms with Gasteiger partial charge in [-0.1, -0.05) is 6.07 Å². The van der Waals surface area contributed by atoms with Crippen molar-refractivity contribution in [3.63, 3.8) is 0 Å². The van der Waals surface area contributed by atoms with Gasteiger partial charge >= 0.3 is 0 Å². The molecule has 0 unspecified atom stereocenters. The lowest BCUT2D eigenvalue weighted by Gasteiger charge is -2.13. The van der Waals surface area contributed by atoms with Gasteiger partial charge in [-0.15, -0.1) is 11.3 Å². The minimum absolute atomic E-state index is 0.167. The van der Waals surface area contributed by atoms with E-state index >= 15 is 0 Å². The van der Waals surface area contributed by atoms with Crippen molar-refractivity contribution in [2.75, 3.05) is 6.61 Å². The molecule has 1 fully saturated rings. The Morgan fingerprint density at radius 1 is 1.36 bits per heavy atom. The highest BCUT2D eigenvalue weighted by Gasteiger charge is 2.41. The maximum Gasteiger partial charge on any atom is 0.102 e. The van der Waals surface area contributed by atoms with Gasteiger partial charge in [0, 0.05) is 4.88 Å². The number of aliphatic hydroxyl groups is 3. The summed E-state index contributed by atoms with van der Waals surface area (Å²) < 4.78 is 0. The summed E-state index contributed by atoms with van der Waals surface area (Å²) in [5, 5.41) is 33.1. The van der Waals surface area contributed by atoms with Gasteiger partial charge in [-0.3, -0.25) is 5.32 Å². The Balaban J connectivity index is 2.16. The van der Waals surface area contributed by atoms with E-state index in [1.807, 2.05) is 17.5 Å². The molecule has 0 spiro atoms. The van der Waals surface area contributed by atoms with Crippen LogP contribution in [0.3, 0.4) is 0 Å². The molecule has 4 nitrogen and oxygen atoms in total. The number of aliphatic hydroxyl groups excluding tert-OH is 3. The predicted molar refractivity (Wildman–Crippen MR) is 53.1 cm³/mol. The molecule has 1 aromatic rings. The van der Waals surface area contributed by atoms with Crippen LogP contribution in [-0.2, 0) is 0 Å². The normalized spacial score (nSPS) is 37.6. The molecular weight excluding hydrogens is 202 g/mol. The smallest absolute Gasteiger partial charge is 0.102 e. The van der Waals surface area contributed by atoms with E-state index in [9.17, 15) is 10.2 Å². The minimum Gasteiger partial charge on any atom is -0.395 e. The Bertz CT molecular complexity index is 290. The molecular formula is C9H13NO3S. The van der Waals surface area contributed by atoms with Crippen molar-refractivity contribution in [2.24, 2.45) is 0 Å². The van der Waals surface area contributed by atoms with Gasteiger partial charge < -0.3 is 15.3 Å². The van der Waals surface area contributed by atoms with Crippen LogP contribution in [0.15, 0.2) is 17.5 Å². The van der Waals surface area contributed by atoms with Crippen molar-refractivity contribution in [1.29, 1.82) is 0 Å². The molecule has 0 bridgehead atoms. The molecule has 1 aliphatic rings. The summed E-state index contributed by atoms with van der Waals surface area (Å²) in [5.74, 6) is 0. The minimum atomic E-state index is -0.896. The summed E-state index contributed by atoms with van der Waals surface area (Å²) in [6, 6.07) is 3.10. The first-order valence-corrected chi connectivity index (χ1v) is 5.38. The van der Waals surface area contributed by atoms with Gasteiger partial charge in [0.15, 0.2) is 0 Å². The first-order chi connectivity index (χ1) is 6.74. The summed E-state index contributed by atoms with van der Waals surface area (Å²) in [6.07, 6.45) is -1.74. The third-order valence-corrected chi connectivity index (χ3v) is 3.50. The Kier molecular flexibility index (Phi) is 2.85. The maximum absolute atomic E-state index is 9.71. The number of nitrogens with one attached hydrogen (secondary N) is 1. The highest BCUT2D eigenvalue weighted by Crippen LogP contribution is 2.30. The second kappa shape index (κ2) is 3.96. The molecule has 0 radical (unpaired) electrons. The first kappa shape index (κ1) is 10.1. The van der Waals surface area contributed by atoms with Crippen LogP contribution in [0.2, 0.25) is 0 Å². The lowest BCUT2D eigenvalue weighted by Crippen LogP contribution is -2.35. The molecule has 1 saturated heterocycles. The fourth-order valence-electron chi connectivity index (χ4n) is 1.74. The quantitative estimate of drug-likeness (QED) is 0.535. The van der Waals surface area contributed by atoms with Crippen LogP contribution < -0.4 is 5.32 Å². The fraction of sp³-hybridized carbons (Fsp3) is 0.556. The largest absolute Gasteiger partial charge is 0.395 e. The van der Waals surface area contributed by atoms with E-state index in [1.165, 1.54) is 11.3 Å². The van der Waals surface area contributed by atoms with Gasteiger partial charge in [0.1, 0.15) is 6.10 Å². The Hall–Kier alpha value is -0.460. The molecule has 1 aliphatic heterocycles. The van der Waals surface area contributed by atoms with E-state index in [1.54, 1.807) is 0 Å². The van der Waals surface area contributed by atoms with Crippen LogP contribution in [0.1, 0.15) is 10.9 Å². The summed E-state index contributed by atoms with van der Waals surface area (Å²) in [6.45, 7) is -0.167. The number of hydrogen-bond donors (Lipinski definition) is 4. The lowest BCUT2D eigenvalue weighted by atomic mass is 10.1. The van der Waals surface area contributed by atoms with Crippen LogP contribution in [0.25, 0.3) is 0 Å². The summed E-state index contributed by atoms with van der Waals surface area (Å²) in [5.41, 5.74) is 0.